The summed E-state index contributed by atoms with van der Waals surface area (Å²) in [5, 5.41) is 21.6. The summed E-state index contributed by atoms with van der Waals surface area (Å²) in [5.41, 5.74) is 1.00. The molecule has 17 heteroatoms. The summed E-state index contributed by atoms with van der Waals surface area (Å²) < 4.78 is 39.9. The number of benzene rings is 2. The van der Waals surface area contributed by atoms with Gasteiger partial charge < -0.3 is 19.3 Å². The molecular weight excluding hydrogens is 620 g/mol. The summed E-state index contributed by atoms with van der Waals surface area (Å²) in [5.74, 6) is 0.677. The van der Waals surface area contributed by atoms with E-state index in [1.807, 2.05) is 0 Å². The van der Waals surface area contributed by atoms with Crippen molar-refractivity contribution in [3.63, 3.8) is 0 Å². The van der Waals surface area contributed by atoms with Crippen molar-refractivity contribution in [3.8, 4) is 0 Å². The summed E-state index contributed by atoms with van der Waals surface area (Å²) in [6, 6.07) is 10.9. The van der Waals surface area contributed by atoms with Gasteiger partial charge in [-0.2, -0.15) is 20.2 Å². The third-order valence-electron chi connectivity index (χ3n) is 7.14. The summed E-state index contributed by atoms with van der Waals surface area (Å²) in [7, 11) is -3.79. The van der Waals surface area contributed by atoms with Crippen LogP contribution in [0.3, 0.4) is 0 Å². The Morgan fingerprint density at radius 2 is 1.45 bits per heavy atom. The highest BCUT2D eigenvalue weighted by Crippen LogP contribution is 2.34. The molecule has 238 valence electrons. The molecule has 0 aliphatic carbocycles. The van der Waals surface area contributed by atoms with Gasteiger partial charge in [0, 0.05) is 48.6 Å². The van der Waals surface area contributed by atoms with Crippen molar-refractivity contribution in [2.24, 2.45) is 0 Å². The molecule has 15 nitrogen and oxygen atoms in total. The van der Waals surface area contributed by atoms with Gasteiger partial charge in [0.2, 0.25) is 0 Å². The number of ether oxygens (including phenoxy) is 2. The Morgan fingerprint density at radius 3 is 1.98 bits per heavy atom. The molecular formula is C27H32N4O11S2. The summed E-state index contributed by atoms with van der Waals surface area (Å²) >= 11 is 1.63. The monoisotopic (exact) mass is 652 g/mol. The molecule has 2 aromatic rings. The van der Waals surface area contributed by atoms with Gasteiger partial charge in [-0.15, -0.1) is 0 Å². The van der Waals surface area contributed by atoms with E-state index < -0.39 is 44.3 Å². The van der Waals surface area contributed by atoms with Crippen LogP contribution in [0.25, 0.3) is 0 Å². The maximum atomic E-state index is 13.2. The number of nitro groups is 2. The van der Waals surface area contributed by atoms with Gasteiger partial charge in [-0.1, -0.05) is 0 Å². The Balaban J connectivity index is 1.38. The van der Waals surface area contributed by atoms with Crippen LogP contribution in [0, 0.1) is 20.2 Å². The van der Waals surface area contributed by atoms with Crippen LogP contribution in [-0.2, 0) is 37.0 Å². The van der Waals surface area contributed by atoms with Crippen molar-refractivity contribution >= 4 is 45.4 Å². The largest absolute Gasteiger partial charge is 0.445 e. The number of nitro benzene ring substituents is 2. The zero-order valence-electron chi connectivity index (χ0n) is 23.8. The van der Waals surface area contributed by atoms with E-state index in [2.05, 4.69) is 0 Å². The van der Waals surface area contributed by atoms with E-state index >= 15 is 0 Å². The number of hydrogen-bond donors (Lipinski definition) is 0. The molecule has 3 atom stereocenters. The summed E-state index contributed by atoms with van der Waals surface area (Å²) in [4.78, 5) is 49.9. The summed E-state index contributed by atoms with van der Waals surface area (Å²) in [6.45, 7) is 0.604. The van der Waals surface area contributed by atoms with Crippen LogP contribution in [0.2, 0.25) is 0 Å². The average Bonchev–Trinajstić information content (AvgIpc) is 3.37. The number of carbonyl (C=O) groups is 2. The third kappa shape index (κ3) is 9.27. The molecule has 2 amide bonds. The molecule has 44 heavy (non-hydrogen) atoms. The van der Waals surface area contributed by atoms with E-state index in [1.54, 1.807) is 16.7 Å². The fraction of sp³-hybridized carbons (Fsp3) is 0.481. The lowest BCUT2D eigenvalue weighted by molar-refractivity contribution is -0.385. The smallest absolute Gasteiger partial charge is 0.410 e. The first kappa shape index (κ1) is 32.9. The number of likely N-dealkylation sites (tertiary alicyclic amines) is 1. The number of carbonyl (C=O) groups excluding carboxylic acids is 2. The van der Waals surface area contributed by atoms with Crippen molar-refractivity contribution < 1.29 is 41.5 Å². The zero-order valence-corrected chi connectivity index (χ0v) is 25.4. The maximum absolute atomic E-state index is 13.2. The van der Waals surface area contributed by atoms with Crippen molar-refractivity contribution in [2.45, 2.75) is 49.9 Å². The molecule has 4 rings (SSSR count). The van der Waals surface area contributed by atoms with Gasteiger partial charge in [0.25, 0.3) is 21.5 Å². The fourth-order valence-electron chi connectivity index (χ4n) is 5.05. The maximum Gasteiger partial charge on any atom is 0.410 e. The van der Waals surface area contributed by atoms with Crippen molar-refractivity contribution in [1.29, 1.82) is 0 Å². The van der Waals surface area contributed by atoms with Crippen LogP contribution < -0.4 is 0 Å². The van der Waals surface area contributed by atoms with E-state index in [-0.39, 0.29) is 42.8 Å². The molecule has 0 bridgehead atoms. The van der Waals surface area contributed by atoms with Crippen LogP contribution in [0.5, 0.6) is 0 Å². The predicted molar refractivity (Wildman–Crippen MR) is 158 cm³/mol. The van der Waals surface area contributed by atoms with Gasteiger partial charge in [-0.25, -0.2) is 9.59 Å². The van der Waals surface area contributed by atoms with E-state index in [1.165, 1.54) is 53.4 Å². The van der Waals surface area contributed by atoms with Gasteiger partial charge in [0.15, 0.2) is 0 Å². The van der Waals surface area contributed by atoms with E-state index in [9.17, 15) is 38.2 Å². The molecule has 2 saturated heterocycles. The van der Waals surface area contributed by atoms with Gasteiger partial charge in [-0.05, 0) is 60.4 Å². The minimum absolute atomic E-state index is 0.00507. The first-order valence-corrected chi connectivity index (χ1v) is 16.6. The standard InChI is InChI=1S/C27H32N4O11S2/c1-44(38,39)42-23-15-24(29(16-23)27(33)41-18-20-5-9-22(10-6-20)31(36)37)25-11-13-28(12-2-14-43-25)26(32)40-17-19-3-7-21(8-4-19)30(34)35/h3-10,23-25H,2,11-18H2,1H3/t23-,24+,25?/m1/s1. The Labute approximate surface area is 257 Å². The molecule has 0 spiro atoms. The molecule has 2 aromatic carbocycles. The van der Waals surface area contributed by atoms with E-state index in [4.69, 9.17) is 13.7 Å². The van der Waals surface area contributed by atoms with Crippen LogP contribution in [0.1, 0.15) is 30.4 Å². The quantitative estimate of drug-likeness (QED) is 0.215. The van der Waals surface area contributed by atoms with Crippen molar-refractivity contribution in [2.75, 3.05) is 31.6 Å². The van der Waals surface area contributed by atoms with Crippen molar-refractivity contribution in [1.82, 2.24) is 9.80 Å². The predicted octanol–water partition coefficient (Wildman–Crippen LogP) is 4.09. The lowest BCUT2D eigenvalue weighted by atomic mass is 10.1. The van der Waals surface area contributed by atoms with Gasteiger partial charge >= 0.3 is 12.2 Å². The lowest BCUT2D eigenvalue weighted by Gasteiger charge is -2.34. The van der Waals surface area contributed by atoms with Crippen LogP contribution >= 0.6 is 11.8 Å². The second-order valence-electron chi connectivity index (χ2n) is 10.4. The molecule has 2 fully saturated rings. The van der Waals surface area contributed by atoms with E-state index in [0.717, 1.165) is 6.26 Å². The van der Waals surface area contributed by atoms with Crippen molar-refractivity contribution in [3.05, 3.63) is 79.9 Å². The first-order valence-electron chi connectivity index (χ1n) is 13.7. The van der Waals surface area contributed by atoms with Crippen LogP contribution in [0.15, 0.2) is 48.5 Å². The molecule has 0 radical (unpaired) electrons. The van der Waals surface area contributed by atoms with Gasteiger partial charge in [-0.3, -0.25) is 24.4 Å². The van der Waals surface area contributed by atoms with Gasteiger partial charge in [0.1, 0.15) is 13.2 Å². The molecule has 0 saturated carbocycles. The number of amides is 2. The zero-order chi connectivity index (χ0) is 31.9. The summed E-state index contributed by atoms with van der Waals surface area (Å²) in [6.07, 6.45) is 0.377. The highest BCUT2D eigenvalue weighted by Gasteiger charge is 2.43. The minimum atomic E-state index is -3.79. The second-order valence-corrected chi connectivity index (χ2v) is 13.3. The van der Waals surface area contributed by atoms with Crippen LogP contribution in [0.4, 0.5) is 21.0 Å². The molecule has 0 aromatic heterocycles. The third-order valence-corrected chi connectivity index (χ3v) is 9.27. The molecule has 2 heterocycles. The average molecular weight is 653 g/mol. The van der Waals surface area contributed by atoms with Gasteiger partial charge in [0.05, 0.1) is 28.8 Å². The van der Waals surface area contributed by atoms with E-state index in [0.29, 0.717) is 42.8 Å². The number of rotatable bonds is 9. The Hall–Kier alpha value is -3.96. The highest BCUT2D eigenvalue weighted by atomic mass is 32.2. The number of hydrogen-bond acceptors (Lipinski definition) is 12. The lowest BCUT2D eigenvalue weighted by Crippen LogP contribution is -2.44. The minimum Gasteiger partial charge on any atom is -0.445 e. The number of non-ortho nitro benzene ring substituents is 2. The Bertz CT molecular complexity index is 1460. The Kier molecular flexibility index (Phi) is 11.0. The molecule has 2 aliphatic heterocycles. The second kappa shape index (κ2) is 14.7. The molecule has 2 aliphatic rings. The number of thioether (sulfide) groups is 1. The first-order chi connectivity index (χ1) is 20.9. The number of nitrogens with zero attached hydrogens (tertiary/aromatic N) is 4. The highest BCUT2D eigenvalue weighted by molar-refractivity contribution is 7.99. The van der Waals surface area contributed by atoms with Crippen LogP contribution in [-0.4, -0.2) is 89.3 Å². The fourth-order valence-corrected chi connectivity index (χ4v) is 7.04. The normalized spacial score (nSPS) is 20.8. The SMILES string of the molecule is CS(=O)(=O)O[C@@H]1C[C@@H](C2CCN(C(=O)OCc3ccc([N+](=O)[O-])cc3)CCCS2)N(C(=O)OCc2ccc([N+](=O)[O-])cc2)C1. The topological polar surface area (TPSA) is 189 Å². The molecule has 0 N–H and O–H groups in total. The molecule has 1 unspecified atom stereocenters. The Morgan fingerprint density at radius 1 is 0.909 bits per heavy atom.